The summed E-state index contributed by atoms with van der Waals surface area (Å²) in [6.07, 6.45) is 1.82. The van der Waals surface area contributed by atoms with Crippen LogP contribution in [0.2, 0.25) is 0 Å². The smallest absolute Gasteiger partial charge is 0.264 e. The van der Waals surface area contributed by atoms with E-state index < -0.39 is 0 Å². The van der Waals surface area contributed by atoms with Gasteiger partial charge in [-0.05, 0) is 72.6 Å². The van der Waals surface area contributed by atoms with Gasteiger partial charge in [-0.1, -0.05) is 12.1 Å². The van der Waals surface area contributed by atoms with Crippen LogP contribution in [0.5, 0.6) is 11.5 Å². The fourth-order valence-electron chi connectivity index (χ4n) is 2.55. The molecule has 1 N–H and O–H groups in total. The first-order valence-corrected chi connectivity index (χ1v) is 8.67. The molecular weight excluding hydrogens is 336 g/mol. The minimum atomic E-state index is -0.148. The maximum absolute atomic E-state index is 12.2. The molecule has 0 saturated carbocycles. The number of carbonyl (C=O) groups is 1. The maximum atomic E-state index is 12.2. The van der Waals surface area contributed by atoms with E-state index >= 15 is 0 Å². The van der Waals surface area contributed by atoms with Crippen molar-refractivity contribution in [3.8, 4) is 11.5 Å². The number of hydrogen-bond acceptors (Lipinski definition) is 5. The molecular formula is C19H16N2O3S. The number of benzene rings is 2. The third-order valence-corrected chi connectivity index (χ3v) is 4.98. The van der Waals surface area contributed by atoms with Crippen molar-refractivity contribution in [3.05, 3.63) is 58.0 Å². The first kappa shape index (κ1) is 15.8. The second kappa shape index (κ2) is 6.29. The number of carbonyl (C=O) groups excluding carboxylic acids is 1. The molecule has 2 aromatic rings. The molecule has 2 aliphatic heterocycles. The van der Waals surface area contributed by atoms with E-state index in [9.17, 15) is 4.79 Å². The molecule has 0 unspecified atom stereocenters. The number of thioether (sulfide) groups is 1. The number of aryl methyl sites for hydroxylation is 2. The molecule has 0 bridgehead atoms. The van der Waals surface area contributed by atoms with Crippen LogP contribution < -0.4 is 14.8 Å². The molecule has 1 saturated heterocycles. The highest BCUT2D eigenvalue weighted by Crippen LogP contribution is 2.34. The summed E-state index contributed by atoms with van der Waals surface area (Å²) in [7, 11) is 0. The number of amides is 1. The van der Waals surface area contributed by atoms with Gasteiger partial charge < -0.3 is 14.8 Å². The lowest BCUT2D eigenvalue weighted by Gasteiger charge is -2.01. The summed E-state index contributed by atoms with van der Waals surface area (Å²) < 4.78 is 10.7. The van der Waals surface area contributed by atoms with E-state index in [2.05, 4.69) is 17.2 Å². The molecule has 6 heteroatoms. The van der Waals surface area contributed by atoms with Crippen molar-refractivity contribution in [3.63, 3.8) is 0 Å². The molecule has 0 aromatic heterocycles. The van der Waals surface area contributed by atoms with E-state index in [0.29, 0.717) is 15.8 Å². The van der Waals surface area contributed by atoms with Crippen LogP contribution in [0, 0.1) is 13.8 Å². The Hall–Kier alpha value is -2.73. The van der Waals surface area contributed by atoms with E-state index in [-0.39, 0.29) is 12.7 Å². The van der Waals surface area contributed by atoms with Crippen molar-refractivity contribution in [1.29, 1.82) is 0 Å². The predicted octanol–water partition coefficient (Wildman–Crippen LogP) is 3.92. The number of rotatable bonds is 2. The topological polar surface area (TPSA) is 59.9 Å². The molecule has 2 aromatic carbocycles. The first-order chi connectivity index (χ1) is 12.1. The zero-order valence-corrected chi connectivity index (χ0v) is 14.6. The summed E-state index contributed by atoms with van der Waals surface area (Å²) in [6.45, 7) is 4.34. The van der Waals surface area contributed by atoms with E-state index in [4.69, 9.17) is 9.47 Å². The van der Waals surface area contributed by atoms with E-state index in [1.54, 1.807) is 0 Å². The Balaban J connectivity index is 1.57. The zero-order chi connectivity index (χ0) is 17.4. The Morgan fingerprint density at radius 1 is 1.08 bits per heavy atom. The average Bonchev–Trinajstić information content (AvgIpc) is 3.17. The molecule has 0 atom stereocenters. The standard InChI is InChI=1S/C19H16N2O3S/c1-11-3-5-14(7-12(11)2)20-19-21-18(22)17(25-19)9-13-4-6-15-16(8-13)24-10-23-15/h3-9H,10H2,1-2H3,(H,20,21,22). The molecule has 5 nitrogen and oxygen atoms in total. The van der Waals surface area contributed by atoms with Crippen molar-refractivity contribution >= 4 is 34.6 Å². The van der Waals surface area contributed by atoms with E-state index in [1.165, 1.54) is 22.9 Å². The number of amidine groups is 1. The van der Waals surface area contributed by atoms with Crippen LogP contribution >= 0.6 is 11.8 Å². The van der Waals surface area contributed by atoms with Crippen LogP contribution in [0.4, 0.5) is 5.69 Å². The summed E-state index contributed by atoms with van der Waals surface area (Å²) >= 11 is 1.33. The molecule has 0 spiro atoms. The number of ether oxygens (including phenoxy) is 2. The Labute approximate surface area is 149 Å². The van der Waals surface area contributed by atoms with Gasteiger partial charge in [0.05, 0.1) is 10.6 Å². The molecule has 2 aliphatic rings. The third kappa shape index (κ3) is 3.25. The number of nitrogens with one attached hydrogen (secondary N) is 1. The Kier molecular flexibility index (Phi) is 3.97. The largest absolute Gasteiger partial charge is 0.454 e. The van der Waals surface area contributed by atoms with Crippen molar-refractivity contribution in [2.75, 3.05) is 6.79 Å². The minimum Gasteiger partial charge on any atom is -0.454 e. The Morgan fingerprint density at radius 2 is 1.92 bits per heavy atom. The molecule has 126 valence electrons. The van der Waals surface area contributed by atoms with Gasteiger partial charge in [-0.2, -0.15) is 0 Å². The lowest BCUT2D eigenvalue weighted by Crippen LogP contribution is -2.19. The predicted molar refractivity (Wildman–Crippen MR) is 99.3 cm³/mol. The number of aliphatic imine (C=N–C) groups is 1. The quantitative estimate of drug-likeness (QED) is 0.832. The molecule has 2 heterocycles. The second-order valence-corrected chi connectivity index (χ2v) is 6.89. The normalized spacial score (nSPS) is 18.9. The zero-order valence-electron chi connectivity index (χ0n) is 13.8. The van der Waals surface area contributed by atoms with Crippen LogP contribution in [0.1, 0.15) is 16.7 Å². The Morgan fingerprint density at radius 3 is 2.76 bits per heavy atom. The molecule has 1 fully saturated rings. The lowest BCUT2D eigenvalue weighted by molar-refractivity contribution is -0.115. The fraction of sp³-hybridized carbons (Fsp3) is 0.158. The van der Waals surface area contributed by atoms with Gasteiger partial charge in [-0.3, -0.25) is 4.79 Å². The van der Waals surface area contributed by atoms with Gasteiger partial charge in [0.15, 0.2) is 16.7 Å². The molecule has 0 aliphatic carbocycles. The molecule has 1 amide bonds. The highest BCUT2D eigenvalue weighted by atomic mass is 32.2. The van der Waals surface area contributed by atoms with Crippen molar-refractivity contribution in [2.45, 2.75) is 13.8 Å². The van der Waals surface area contributed by atoms with Gasteiger partial charge in [0.2, 0.25) is 6.79 Å². The van der Waals surface area contributed by atoms with Crippen molar-refractivity contribution in [2.24, 2.45) is 4.99 Å². The SMILES string of the molecule is Cc1ccc(N=C2NC(=O)C(=Cc3ccc4c(c3)OCO4)S2)cc1C. The Bertz CT molecular complexity index is 934. The van der Waals surface area contributed by atoms with Crippen LogP contribution in [0.25, 0.3) is 6.08 Å². The molecule has 4 rings (SSSR count). The number of nitrogens with zero attached hydrogens (tertiary/aromatic N) is 1. The second-order valence-electron chi connectivity index (χ2n) is 5.86. The summed E-state index contributed by atoms with van der Waals surface area (Å²) in [4.78, 5) is 17.3. The van der Waals surface area contributed by atoms with E-state index in [1.807, 2.05) is 49.4 Å². The highest BCUT2D eigenvalue weighted by Gasteiger charge is 2.24. The van der Waals surface area contributed by atoms with Gasteiger partial charge in [-0.15, -0.1) is 0 Å². The van der Waals surface area contributed by atoms with Gasteiger partial charge >= 0.3 is 0 Å². The van der Waals surface area contributed by atoms with Gasteiger partial charge in [0, 0.05) is 0 Å². The van der Waals surface area contributed by atoms with Gasteiger partial charge in [-0.25, -0.2) is 4.99 Å². The van der Waals surface area contributed by atoms with Crippen LogP contribution in [-0.4, -0.2) is 17.9 Å². The summed E-state index contributed by atoms with van der Waals surface area (Å²) in [6, 6.07) is 11.6. The molecule has 0 radical (unpaired) electrons. The minimum absolute atomic E-state index is 0.148. The summed E-state index contributed by atoms with van der Waals surface area (Å²) in [5.74, 6) is 1.27. The lowest BCUT2D eigenvalue weighted by atomic mass is 10.1. The van der Waals surface area contributed by atoms with Crippen LogP contribution in [0.15, 0.2) is 46.3 Å². The molecule has 25 heavy (non-hydrogen) atoms. The number of hydrogen-bond donors (Lipinski definition) is 1. The highest BCUT2D eigenvalue weighted by molar-refractivity contribution is 8.18. The van der Waals surface area contributed by atoms with Gasteiger partial charge in [0.1, 0.15) is 0 Å². The van der Waals surface area contributed by atoms with Gasteiger partial charge in [0.25, 0.3) is 5.91 Å². The van der Waals surface area contributed by atoms with Crippen molar-refractivity contribution < 1.29 is 14.3 Å². The van der Waals surface area contributed by atoms with E-state index in [0.717, 1.165) is 17.0 Å². The maximum Gasteiger partial charge on any atom is 0.264 e. The monoisotopic (exact) mass is 352 g/mol. The summed E-state index contributed by atoms with van der Waals surface area (Å²) in [5, 5.41) is 3.39. The number of fused-ring (bicyclic) bond motifs is 1. The third-order valence-electron chi connectivity index (χ3n) is 4.07. The summed E-state index contributed by atoms with van der Waals surface area (Å²) in [5.41, 5.74) is 4.10. The average molecular weight is 352 g/mol. The van der Waals surface area contributed by atoms with Crippen LogP contribution in [-0.2, 0) is 4.79 Å². The van der Waals surface area contributed by atoms with Crippen molar-refractivity contribution in [1.82, 2.24) is 5.32 Å². The van der Waals surface area contributed by atoms with Crippen LogP contribution in [0.3, 0.4) is 0 Å². The first-order valence-electron chi connectivity index (χ1n) is 7.85. The fourth-order valence-corrected chi connectivity index (χ4v) is 3.39.